The van der Waals surface area contributed by atoms with Gasteiger partial charge in [0.1, 0.15) is 11.7 Å². The lowest BCUT2D eigenvalue weighted by molar-refractivity contribution is -0.120. The molecule has 1 fully saturated rings. The van der Waals surface area contributed by atoms with Crippen molar-refractivity contribution in [1.29, 1.82) is 5.41 Å². The minimum Gasteiger partial charge on any atom is -0.340 e. The lowest BCUT2D eigenvalue weighted by Gasteiger charge is -2.43. The largest absolute Gasteiger partial charge is 0.340 e. The highest BCUT2D eigenvalue weighted by Crippen LogP contribution is 2.39. The van der Waals surface area contributed by atoms with Gasteiger partial charge in [0.2, 0.25) is 11.9 Å². The van der Waals surface area contributed by atoms with Crippen LogP contribution in [-0.4, -0.2) is 39.6 Å². The van der Waals surface area contributed by atoms with Crippen molar-refractivity contribution in [3.8, 4) is 5.95 Å². The quantitative estimate of drug-likeness (QED) is 0.919. The molecule has 3 heterocycles. The van der Waals surface area contributed by atoms with Crippen LogP contribution < -0.4 is 15.2 Å². The van der Waals surface area contributed by atoms with E-state index in [9.17, 15) is 4.79 Å². The number of hydrogen-bond donors (Lipinski definition) is 1. The Hall–Kier alpha value is -2.70. The topological polar surface area (TPSA) is 78.1 Å². The number of fused-ring (bicyclic) bond motifs is 1. The summed E-state index contributed by atoms with van der Waals surface area (Å²) in [6.45, 7) is 2.06. The van der Waals surface area contributed by atoms with Crippen LogP contribution in [0.5, 0.6) is 0 Å². The Balaban J connectivity index is 1.84. The van der Waals surface area contributed by atoms with Gasteiger partial charge in [0, 0.05) is 25.5 Å². The van der Waals surface area contributed by atoms with Crippen LogP contribution in [0.15, 0.2) is 30.7 Å². The van der Waals surface area contributed by atoms with Crippen molar-refractivity contribution >= 4 is 17.4 Å². The number of hydrogen-bond acceptors (Lipinski definition) is 5. The molecule has 0 bridgehead atoms. The fourth-order valence-corrected chi connectivity index (χ4v) is 4.06. The first-order chi connectivity index (χ1) is 12.6. The molecule has 2 aromatic heterocycles. The fraction of sp³-hybridized carbons (Fsp3) is 0.474. The number of nitrogens with zero attached hydrogens (tertiary/aromatic N) is 5. The molecule has 136 valence electrons. The molecule has 1 unspecified atom stereocenters. The third kappa shape index (κ3) is 2.67. The normalized spacial score (nSPS) is 20.5. The molecule has 0 aromatic carbocycles. The minimum absolute atomic E-state index is 0.120. The first kappa shape index (κ1) is 16.8. The SMILES string of the molecule is CCC1C(=O)N(C)c2cnc(-n3ccc(=N)cc3)nc2N1C1CCCC1. The molecule has 2 aromatic rings. The van der Waals surface area contributed by atoms with Crippen molar-refractivity contribution in [2.24, 2.45) is 0 Å². The van der Waals surface area contributed by atoms with Crippen molar-refractivity contribution in [1.82, 2.24) is 14.5 Å². The number of rotatable bonds is 3. The molecule has 1 N–H and O–H groups in total. The van der Waals surface area contributed by atoms with Gasteiger partial charge in [-0.25, -0.2) is 4.98 Å². The van der Waals surface area contributed by atoms with E-state index >= 15 is 0 Å². The maximum atomic E-state index is 12.9. The van der Waals surface area contributed by atoms with Crippen molar-refractivity contribution in [2.75, 3.05) is 16.8 Å². The Morgan fingerprint density at radius 2 is 1.92 bits per heavy atom. The first-order valence-corrected chi connectivity index (χ1v) is 9.26. The van der Waals surface area contributed by atoms with Crippen LogP contribution in [0.4, 0.5) is 11.5 Å². The van der Waals surface area contributed by atoms with Gasteiger partial charge in [-0.2, -0.15) is 4.98 Å². The average Bonchev–Trinajstić information content (AvgIpc) is 3.19. The Morgan fingerprint density at radius 3 is 2.58 bits per heavy atom. The molecule has 1 saturated carbocycles. The van der Waals surface area contributed by atoms with Crippen LogP contribution in [0.3, 0.4) is 0 Å². The molecule has 0 radical (unpaired) electrons. The maximum absolute atomic E-state index is 12.9. The second-order valence-electron chi connectivity index (χ2n) is 7.04. The van der Waals surface area contributed by atoms with E-state index < -0.39 is 0 Å². The number of amides is 1. The summed E-state index contributed by atoms with van der Waals surface area (Å²) in [5.41, 5.74) is 0.771. The van der Waals surface area contributed by atoms with Crippen molar-refractivity contribution in [3.05, 3.63) is 36.1 Å². The highest BCUT2D eigenvalue weighted by Gasteiger charge is 2.41. The molecular formula is C19H24N6O. The Bertz CT molecular complexity index is 865. The first-order valence-electron chi connectivity index (χ1n) is 9.26. The monoisotopic (exact) mass is 352 g/mol. The second kappa shape index (κ2) is 6.55. The van der Waals surface area contributed by atoms with Crippen LogP contribution in [0.25, 0.3) is 5.95 Å². The van der Waals surface area contributed by atoms with Gasteiger partial charge in [0.15, 0.2) is 5.82 Å². The maximum Gasteiger partial charge on any atom is 0.249 e. The summed E-state index contributed by atoms with van der Waals surface area (Å²) in [7, 11) is 1.81. The van der Waals surface area contributed by atoms with E-state index in [1.54, 1.807) is 42.7 Å². The molecular weight excluding hydrogens is 328 g/mol. The molecule has 4 rings (SSSR count). The summed E-state index contributed by atoms with van der Waals surface area (Å²) in [6, 6.07) is 3.61. The Morgan fingerprint density at radius 1 is 1.23 bits per heavy atom. The van der Waals surface area contributed by atoms with Crippen molar-refractivity contribution < 1.29 is 4.79 Å². The third-order valence-electron chi connectivity index (χ3n) is 5.46. The highest BCUT2D eigenvalue weighted by molar-refractivity contribution is 6.04. The number of nitrogens with one attached hydrogen (secondary N) is 1. The number of pyridine rings is 1. The number of aromatic nitrogens is 3. The summed E-state index contributed by atoms with van der Waals surface area (Å²) in [6.07, 6.45) is 10.7. The van der Waals surface area contributed by atoms with Gasteiger partial charge in [-0.3, -0.25) is 9.36 Å². The van der Waals surface area contributed by atoms with Gasteiger partial charge in [0.25, 0.3) is 0 Å². The third-order valence-corrected chi connectivity index (χ3v) is 5.46. The van der Waals surface area contributed by atoms with Crippen LogP contribution in [0.2, 0.25) is 0 Å². The molecule has 0 spiro atoms. The van der Waals surface area contributed by atoms with Crippen molar-refractivity contribution in [2.45, 2.75) is 51.1 Å². The lowest BCUT2D eigenvalue weighted by atomic mass is 10.0. The van der Waals surface area contributed by atoms with E-state index in [-0.39, 0.29) is 11.9 Å². The predicted molar refractivity (Wildman–Crippen MR) is 99.4 cm³/mol. The molecule has 7 heteroatoms. The highest BCUT2D eigenvalue weighted by atomic mass is 16.2. The van der Waals surface area contributed by atoms with E-state index in [0.29, 0.717) is 17.3 Å². The van der Waals surface area contributed by atoms with Gasteiger partial charge in [-0.1, -0.05) is 19.8 Å². The molecule has 0 saturated heterocycles. The van der Waals surface area contributed by atoms with Gasteiger partial charge >= 0.3 is 0 Å². The summed E-state index contributed by atoms with van der Waals surface area (Å²) in [5, 5.41) is 8.09. The predicted octanol–water partition coefficient (Wildman–Crippen LogP) is 2.25. The summed E-state index contributed by atoms with van der Waals surface area (Å²) in [5.74, 6) is 1.53. The zero-order chi connectivity index (χ0) is 18.3. The Labute approximate surface area is 152 Å². The van der Waals surface area contributed by atoms with E-state index in [1.807, 2.05) is 4.57 Å². The summed E-state index contributed by atoms with van der Waals surface area (Å²) < 4.78 is 1.81. The second-order valence-corrected chi connectivity index (χ2v) is 7.04. The van der Waals surface area contributed by atoms with E-state index in [0.717, 1.165) is 30.8 Å². The zero-order valence-corrected chi connectivity index (χ0v) is 15.2. The average molecular weight is 352 g/mol. The van der Waals surface area contributed by atoms with Crippen LogP contribution >= 0.6 is 0 Å². The molecule has 1 atom stereocenters. The minimum atomic E-state index is -0.168. The van der Waals surface area contributed by atoms with Crippen LogP contribution in [0, 0.1) is 5.41 Å². The molecule has 26 heavy (non-hydrogen) atoms. The van der Waals surface area contributed by atoms with Gasteiger partial charge in [0.05, 0.1) is 11.6 Å². The fourth-order valence-electron chi connectivity index (χ4n) is 4.06. The summed E-state index contributed by atoms with van der Waals surface area (Å²) in [4.78, 5) is 26.1. The van der Waals surface area contributed by atoms with Gasteiger partial charge in [-0.15, -0.1) is 0 Å². The molecule has 7 nitrogen and oxygen atoms in total. The number of carbonyl (C=O) groups excluding carboxylic acids is 1. The number of carbonyl (C=O) groups is 1. The van der Waals surface area contributed by atoms with Crippen LogP contribution in [-0.2, 0) is 4.79 Å². The van der Waals surface area contributed by atoms with Gasteiger partial charge < -0.3 is 15.2 Å². The molecule has 1 aliphatic heterocycles. The number of likely N-dealkylation sites (N-methyl/N-ethyl adjacent to an activating group) is 1. The smallest absolute Gasteiger partial charge is 0.249 e. The van der Waals surface area contributed by atoms with Crippen LogP contribution in [0.1, 0.15) is 39.0 Å². The van der Waals surface area contributed by atoms with E-state index in [1.165, 1.54) is 12.8 Å². The summed E-state index contributed by atoms with van der Waals surface area (Å²) >= 11 is 0. The number of anilines is 2. The molecule has 2 aliphatic rings. The standard InChI is InChI=1S/C19H24N6O/c1-3-15-18(26)23(2)16-12-21-19(24-10-8-13(20)9-11-24)22-17(16)25(15)14-6-4-5-7-14/h8-12,14-15,20H,3-7H2,1-2H3. The zero-order valence-electron chi connectivity index (χ0n) is 15.2. The molecule has 1 aliphatic carbocycles. The van der Waals surface area contributed by atoms with E-state index in [4.69, 9.17) is 10.4 Å². The van der Waals surface area contributed by atoms with Crippen molar-refractivity contribution in [3.63, 3.8) is 0 Å². The van der Waals surface area contributed by atoms with Gasteiger partial charge in [-0.05, 0) is 31.4 Å². The Kier molecular flexibility index (Phi) is 4.22. The lowest BCUT2D eigenvalue weighted by Crippen LogP contribution is -2.55. The molecule has 1 amide bonds. The van der Waals surface area contributed by atoms with E-state index in [2.05, 4.69) is 16.8 Å².